The van der Waals surface area contributed by atoms with Crippen molar-refractivity contribution in [2.45, 2.75) is 19.4 Å². The lowest BCUT2D eigenvalue weighted by Gasteiger charge is -2.14. The molecule has 1 aromatic carbocycles. The number of carboxylic acids is 1. The number of hydrogen-bond donors (Lipinski definition) is 2. The highest BCUT2D eigenvalue weighted by Crippen LogP contribution is 2.29. The number of carboxylic acid groups (broad SMARTS) is 1. The molecule has 2 N–H and O–H groups in total. The predicted octanol–water partition coefficient (Wildman–Crippen LogP) is 2.42. The Bertz CT molecular complexity index is 672. The number of nitro groups is 1. The van der Waals surface area contributed by atoms with Crippen molar-refractivity contribution in [2.24, 2.45) is 0 Å². The third kappa shape index (κ3) is 2.82. The van der Waals surface area contributed by atoms with Crippen LogP contribution in [-0.4, -0.2) is 27.0 Å². The fourth-order valence-corrected chi connectivity index (χ4v) is 1.98. The molecule has 0 saturated carbocycles. The van der Waals surface area contributed by atoms with E-state index in [0.717, 1.165) is 0 Å². The first-order valence-electron chi connectivity index (χ1n) is 5.99. The molecule has 0 saturated heterocycles. The SMILES string of the molecule is CC(CC(=O)O)Nc1ncc([N+](=O)[O-])c2ccccc12. The first kappa shape index (κ1) is 13.7. The van der Waals surface area contributed by atoms with Crippen LogP contribution in [-0.2, 0) is 4.79 Å². The lowest BCUT2D eigenvalue weighted by Crippen LogP contribution is -2.20. The lowest BCUT2D eigenvalue weighted by molar-refractivity contribution is -0.383. The van der Waals surface area contributed by atoms with Gasteiger partial charge in [0.2, 0.25) is 0 Å². The van der Waals surface area contributed by atoms with Crippen LogP contribution in [0.3, 0.4) is 0 Å². The number of aromatic nitrogens is 1. The maximum Gasteiger partial charge on any atom is 0.305 e. The van der Waals surface area contributed by atoms with E-state index >= 15 is 0 Å². The number of anilines is 1. The van der Waals surface area contributed by atoms with E-state index in [1.54, 1.807) is 31.2 Å². The Morgan fingerprint density at radius 3 is 2.70 bits per heavy atom. The fraction of sp³-hybridized carbons (Fsp3) is 0.231. The second-order valence-electron chi connectivity index (χ2n) is 4.44. The van der Waals surface area contributed by atoms with Crippen molar-refractivity contribution in [1.82, 2.24) is 4.98 Å². The van der Waals surface area contributed by atoms with Crippen molar-refractivity contribution in [3.05, 3.63) is 40.6 Å². The summed E-state index contributed by atoms with van der Waals surface area (Å²) in [5, 5.41) is 23.7. The molecule has 0 aliphatic carbocycles. The number of fused-ring (bicyclic) bond motifs is 1. The molecule has 0 aliphatic rings. The first-order chi connectivity index (χ1) is 9.49. The summed E-state index contributed by atoms with van der Waals surface area (Å²) in [6, 6.07) is 6.48. The molecule has 1 atom stereocenters. The smallest absolute Gasteiger partial charge is 0.305 e. The summed E-state index contributed by atoms with van der Waals surface area (Å²) < 4.78 is 0. The third-order valence-electron chi connectivity index (χ3n) is 2.83. The van der Waals surface area contributed by atoms with Crippen LogP contribution in [0.25, 0.3) is 10.8 Å². The van der Waals surface area contributed by atoms with Gasteiger partial charge in [-0.05, 0) is 13.0 Å². The van der Waals surface area contributed by atoms with E-state index < -0.39 is 10.9 Å². The lowest BCUT2D eigenvalue weighted by atomic mass is 10.1. The van der Waals surface area contributed by atoms with Gasteiger partial charge < -0.3 is 10.4 Å². The van der Waals surface area contributed by atoms with Crippen molar-refractivity contribution < 1.29 is 14.8 Å². The van der Waals surface area contributed by atoms with Crippen molar-refractivity contribution in [2.75, 3.05) is 5.32 Å². The van der Waals surface area contributed by atoms with Gasteiger partial charge in [-0.3, -0.25) is 14.9 Å². The van der Waals surface area contributed by atoms with Crippen LogP contribution in [0.2, 0.25) is 0 Å². The van der Waals surface area contributed by atoms with Crippen LogP contribution < -0.4 is 5.32 Å². The number of aliphatic carboxylic acids is 1. The number of nitrogens with zero attached hydrogens (tertiary/aromatic N) is 2. The Morgan fingerprint density at radius 1 is 1.45 bits per heavy atom. The Hall–Kier alpha value is -2.70. The number of rotatable bonds is 5. The summed E-state index contributed by atoms with van der Waals surface area (Å²) in [6.07, 6.45) is 1.12. The largest absolute Gasteiger partial charge is 0.481 e. The normalized spacial score (nSPS) is 12.1. The third-order valence-corrected chi connectivity index (χ3v) is 2.83. The zero-order chi connectivity index (χ0) is 14.7. The van der Waals surface area contributed by atoms with Crippen LogP contribution in [0.15, 0.2) is 30.5 Å². The second kappa shape index (κ2) is 5.52. The Labute approximate surface area is 114 Å². The van der Waals surface area contributed by atoms with Gasteiger partial charge in [0.15, 0.2) is 0 Å². The molecule has 1 aromatic heterocycles. The summed E-state index contributed by atoms with van der Waals surface area (Å²) in [5.41, 5.74) is -0.0722. The van der Waals surface area contributed by atoms with Crippen LogP contribution in [0.1, 0.15) is 13.3 Å². The number of pyridine rings is 1. The van der Waals surface area contributed by atoms with Crippen molar-refractivity contribution in [3.63, 3.8) is 0 Å². The molecule has 0 spiro atoms. The minimum absolute atomic E-state index is 0.0625. The number of nitrogens with one attached hydrogen (secondary N) is 1. The van der Waals surface area contributed by atoms with Gasteiger partial charge >= 0.3 is 5.97 Å². The number of carbonyl (C=O) groups is 1. The van der Waals surface area contributed by atoms with E-state index in [1.165, 1.54) is 6.20 Å². The van der Waals surface area contributed by atoms with Crippen molar-refractivity contribution in [1.29, 1.82) is 0 Å². The molecule has 0 fully saturated rings. The topological polar surface area (TPSA) is 105 Å². The van der Waals surface area contributed by atoms with E-state index in [-0.39, 0.29) is 18.2 Å². The van der Waals surface area contributed by atoms with Gasteiger partial charge in [-0.1, -0.05) is 18.2 Å². The first-order valence-corrected chi connectivity index (χ1v) is 5.99. The van der Waals surface area contributed by atoms with Gasteiger partial charge in [0.1, 0.15) is 12.0 Å². The summed E-state index contributed by atoms with van der Waals surface area (Å²) in [6.45, 7) is 1.71. The maximum atomic E-state index is 11.0. The molecule has 7 heteroatoms. The molecule has 2 rings (SSSR count). The van der Waals surface area contributed by atoms with Gasteiger partial charge in [-0.15, -0.1) is 0 Å². The maximum absolute atomic E-state index is 11.0. The van der Waals surface area contributed by atoms with Crippen LogP contribution >= 0.6 is 0 Å². The van der Waals surface area contributed by atoms with Crippen LogP contribution in [0, 0.1) is 10.1 Å². The molecule has 2 aromatic rings. The van der Waals surface area contributed by atoms with E-state index in [2.05, 4.69) is 10.3 Å². The molecule has 104 valence electrons. The summed E-state index contributed by atoms with van der Waals surface area (Å²) in [5.74, 6) is -0.476. The Kier molecular flexibility index (Phi) is 3.79. The highest BCUT2D eigenvalue weighted by atomic mass is 16.6. The highest BCUT2D eigenvalue weighted by Gasteiger charge is 2.16. The van der Waals surface area contributed by atoms with Crippen molar-refractivity contribution in [3.8, 4) is 0 Å². The van der Waals surface area contributed by atoms with Crippen LogP contribution in [0.4, 0.5) is 11.5 Å². The van der Waals surface area contributed by atoms with E-state index in [9.17, 15) is 14.9 Å². The molecule has 0 amide bonds. The summed E-state index contributed by atoms with van der Waals surface area (Å²) in [7, 11) is 0. The predicted molar refractivity (Wildman–Crippen MR) is 73.7 cm³/mol. The standard InChI is InChI=1S/C13H13N3O4/c1-8(6-12(17)18)15-13-10-5-3-2-4-9(10)11(7-14-13)16(19)20/h2-5,7-8H,6H2,1H3,(H,14,15)(H,17,18). The number of hydrogen-bond acceptors (Lipinski definition) is 5. The van der Waals surface area contributed by atoms with E-state index in [4.69, 9.17) is 5.11 Å². The van der Waals surface area contributed by atoms with Crippen LogP contribution in [0.5, 0.6) is 0 Å². The zero-order valence-electron chi connectivity index (χ0n) is 10.7. The molecule has 0 aliphatic heterocycles. The molecule has 0 bridgehead atoms. The Balaban J connectivity index is 2.43. The van der Waals surface area contributed by atoms with E-state index in [0.29, 0.717) is 16.6 Å². The summed E-state index contributed by atoms with van der Waals surface area (Å²) in [4.78, 5) is 25.2. The molecule has 20 heavy (non-hydrogen) atoms. The summed E-state index contributed by atoms with van der Waals surface area (Å²) >= 11 is 0. The fourth-order valence-electron chi connectivity index (χ4n) is 1.98. The van der Waals surface area contributed by atoms with Crippen molar-refractivity contribution >= 4 is 28.2 Å². The minimum atomic E-state index is -0.920. The van der Waals surface area contributed by atoms with Gasteiger partial charge in [0.05, 0.1) is 16.7 Å². The molecule has 1 unspecified atom stereocenters. The van der Waals surface area contributed by atoms with Gasteiger partial charge in [-0.25, -0.2) is 4.98 Å². The number of benzene rings is 1. The molecule has 1 heterocycles. The monoisotopic (exact) mass is 275 g/mol. The highest BCUT2D eigenvalue weighted by molar-refractivity contribution is 5.97. The van der Waals surface area contributed by atoms with Gasteiger partial charge in [-0.2, -0.15) is 0 Å². The molecular formula is C13H13N3O4. The Morgan fingerprint density at radius 2 is 2.10 bits per heavy atom. The average molecular weight is 275 g/mol. The quantitative estimate of drug-likeness (QED) is 0.641. The zero-order valence-corrected chi connectivity index (χ0v) is 10.7. The second-order valence-corrected chi connectivity index (χ2v) is 4.44. The van der Waals surface area contributed by atoms with Gasteiger partial charge in [0.25, 0.3) is 5.69 Å². The average Bonchev–Trinajstić information content (AvgIpc) is 2.37. The molecule has 0 radical (unpaired) electrons. The van der Waals surface area contributed by atoms with Gasteiger partial charge in [0, 0.05) is 11.4 Å². The minimum Gasteiger partial charge on any atom is -0.481 e. The molecular weight excluding hydrogens is 262 g/mol. The molecule has 7 nitrogen and oxygen atoms in total. The van der Waals surface area contributed by atoms with E-state index in [1.807, 2.05) is 0 Å².